The largest absolute Gasteiger partial charge is 0.485 e. The number of carboxylic acid groups (broad SMARTS) is 1. The van der Waals surface area contributed by atoms with Crippen LogP contribution in [-0.2, 0) is 13.7 Å². The third kappa shape index (κ3) is 1.32. The third-order valence-electron chi connectivity index (χ3n) is 2.93. The van der Waals surface area contributed by atoms with E-state index in [1.165, 1.54) is 10.7 Å². The summed E-state index contributed by atoms with van der Waals surface area (Å²) in [4.78, 5) is 11.1. The van der Waals surface area contributed by atoms with Gasteiger partial charge in [0.25, 0.3) is 0 Å². The lowest BCUT2D eigenvalue weighted by Gasteiger charge is -2.18. The summed E-state index contributed by atoms with van der Waals surface area (Å²) < 4.78 is 20.3. The number of nitrogens with zero attached hydrogens (tertiary/aromatic N) is 2. The van der Waals surface area contributed by atoms with E-state index < -0.39 is 11.8 Å². The number of ether oxygens (including phenoxy) is 1. The highest BCUT2D eigenvalue weighted by Crippen LogP contribution is 2.39. The van der Waals surface area contributed by atoms with E-state index in [0.717, 1.165) is 0 Å². The van der Waals surface area contributed by atoms with Crippen LogP contribution in [-0.4, -0.2) is 20.9 Å². The number of aryl methyl sites for hydroxylation is 1. The molecule has 18 heavy (non-hydrogen) atoms. The highest BCUT2D eigenvalue weighted by atomic mass is 19.1. The average molecular weight is 248 g/mol. The van der Waals surface area contributed by atoms with E-state index in [2.05, 4.69) is 5.10 Å². The van der Waals surface area contributed by atoms with Crippen LogP contribution in [0.15, 0.2) is 18.2 Å². The van der Waals surface area contributed by atoms with Crippen LogP contribution in [0.3, 0.4) is 0 Å². The fourth-order valence-electron chi connectivity index (χ4n) is 2.20. The molecule has 3 rings (SSSR count). The van der Waals surface area contributed by atoms with Crippen molar-refractivity contribution in [1.82, 2.24) is 9.78 Å². The molecule has 0 amide bonds. The first-order valence-electron chi connectivity index (χ1n) is 5.30. The minimum Gasteiger partial charge on any atom is -0.485 e. The number of aromatic carboxylic acids is 1. The summed E-state index contributed by atoms with van der Waals surface area (Å²) in [7, 11) is 1.63. The fraction of sp³-hybridized carbons (Fsp3) is 0.167. The molecule has 2 heterocycles. The number of benzene rings is 1. The summed E-state index contributed by atoms with van der Waals surface area (Å²) in [6.45, 7) is 0.0126. The van der Waals surface area contributed by atoms with Crippen LogP contribution in [0, 0.1) is 5.82 Å². The Labute approximate surface area is 101 Å². The molecule has 2 aromatic rings. The van der Waals surface area contributed by atoms with Gasteiger partial charge in [-0.15, -0.1) is 0 Å². The van der Waals surface area contributed by atoms with Gasteiger partial charge in [-0.3, -0.25) is 4.68 Å². The van der Waals surface area contributed by atoms with Crippen molar-refractivity contribution in [3.63, 3.8) is 0 Å². The van der Waals surface area contributed by atoms with Crippen molar-refractivity contribution in [1.29, 1.82) is 0 Å². The molecular formula is C12H9FN2O3. The maximum atomic E-state index is 13.6. The van der Waals surface area contributed by atoms with E-state index in [9.17, 15) is 9.18 Å². The van der Waals surface area contributed by atoms with Crippen molar-refractivity contribution >= 4 is 5.97 Å². The quantitative estimate of drug-likeness (QED) is 0.836. The van der Waals surface area contributed by atoms with Crippen LogP contribution in [0.1, 0.15) is 16.1 Å². The van der Waals surface area contributed by atoms with E-state index in [-0.39, 0.29) is 18.1 Å². The van der Waals surface area contributed by atoms with Gasteiger partial charge in [0, 0.05) is 12.6 Å². The van der Waals surface area contributed by atoms with E-state index in [0.29, 0.717) is 16.8 Å². The highest BCUT2D eigenvalue weighted by Gasteiger charge is 2.29. The molecule has 5 nitrogen and oxygen atoms in total. The van der Waals surface area contributed by atoms with Gasteiger partial charge in [-0.1, -0.05) is 6.07 Å². The number of carboxylic acids is 1. The van der Waals surface area contributed by atoms with Crippen LogP contribution in [0.5, 0.6) is 5.75 Å². The molecule has 1 aliphatic rings. The van der Waals surface area contributed by atoms with Crippen molar-refractivity contribution in [2.75, 3.05) is 0 Å². The number of fused-ring (bicyclic) bond motifs is 3. The lowest BCUT2D eigenvalue weighted by atomic mass is 10.0. The number of carbonyl (C=O) groups is 1. The maximum absolute atomic E-state index is 13.6. The third-order valence-corrected chi connectivity index (χ3v) is 2.93. The lowest BCUT2D eigenvalue weighted by Crippen LogP contribution is -2.10. The number of hydrogen-bond acceptors (Lipinski definition) is 3. The molecule has 0 atom stereocenters. The summed E-state index contributed by atoms with van der Waals surface area (Å²) in [6, 6.07) is 4.54. The predicted molar refractivity (Wildman–Crippen MR) is 59.9 cm³/mol. The molecule has 1 N–H and O–H groups in total. The first-order chi connectivity index (χ1) is 8.59. The van der Waals surface area contributed by atoms with E-state index >= 15 is 0 Å². The molecule has 0 aliphatic carbocycles. The first-order valence-corrected chi connectivity index (χ1v) is 5.30. The predicted octanol–water partition coefficient (Wildman–Crippen LogP) is 1.82. The Bertz CT molecular complexity index is 664. The Kier molecular flexibility index (Phi) is 2.13. The molecular weight excluding hydrogens is 239 g/mol. The van der Waals surface area contributed by atoms with Crippen LogP contribution in [0.25, 0.3) is 11.3 Å². The Balaban J connectivity index is 2.31. The molecule has 0 saturated heterocycles. The SMILES string of the molecule is Cn1nc(C(=O)O)c2c1-c1cccc(F)c1OC2. The standard InChI is InChI=1S/C12H9FN2O3/c1-15-10-6-3-2-4-8(13)11(6)18-5-7(10)9(14-15)12(16)17/h2-4H,5H2,1H3,(H,16,17). The zero-order chi connectivity index (χ0) is 12.9. The van der Waals surface area contributed by atoms with Crippen molar-refractivity contribution in [2.45, 2.75) is 6.61 Å². The summed E-state index contributed by atoms with van der Waals surface area (Å²) in [6.07, 6.45) is 0. The van der Waals surface area contributed by atoms with Gasteiger partial charge in [0.1, 0.15) is 6.61 Å². The molecule has 0 unspecified atom stereocenters. The van der Waals surface area contributed by atoms with Crippen LogP contribution in [0.4, 0.5) is 4.39 Å². The fourth-order valence-corrected chi connectivity index (χ4v) is 2.20. The average Bonchev–Trinajstić information content (AvgIpc) is 2.68. The summed E-state index contributed by atoms with van der Waals surface area (Å²) in [5, 5.41) is 13.0. The smallest absolute Gasteiger partial charge is 0.356 e. The van der Waals surface area contributed by atoms with Gasteiger partial charge in [-0.05, 0) is 12.1 Å². The van der Waals surface area contributed by atoms with Crippen LogP contribution >= 0.6 is 0 Å². The molecule has 6 heteroatoms. The van der Waals surface area contributed by atoms with Crippen LogP contribution in [0.2, 0.25) is 0 Å². The van der Waals surface area contributed by atoms with E-state index in [1.807, 2.05) is 0 Å². The summed E-state index contributed by atoms with van der Waals surface area (Å²) >= 11 is 0. The monoisotopic (exact) mass is 248 g/mol. The number of halogens is 1. The molecule has 0 bridgehead atoms. The van der Waals surface area contributed by atoms with Gasteiger partial charge < -0.3 is 9.84 Å². The Morgan fingerprint density at radius 1 is 1.56 bits per heavy atom. The van der Waals surface area contributed by atoms with E-state index in [4.69, 9.17) is 9.84 Å². The van der Waals surface area contributed by atoms with Crippen molar-refractivity contribution in [3.8, 4) is 17.0 Å². The Morgan fingerprint density at radius 2 is 2.33 bits per heavy atom. The Morgan fingerprint density at radius 3 is 3.06 bits per heavy atom. The highest BCUT2D eigenvalue weighted by molar-refractivity contribution is 5.90. The zero-order valence-electron chi connectivity index (χ0n) is 9.48. The number of hydrogen-bond donors (Lipinski definition) is 1. The van der Waals surface area contributed by atoms with Gasteiger partial charge in [-0.25, -0.2) is 9.18 Å². The van der Waals surface area contributed by atoms with Crippen LogP contribution < -0.4 is 4.74 Å². The second-order valence-electron chi connectivity index (χ2n) is 4.01. The van der Waals surface area contributed by atoms with E-state index in [1.54, 1.807) is 19.2 Å². The molecule has 0 spiro atoms. The Hall–Kier alpha value is -2.37. The molecule has 1 aromatic heterocycles. The molecule has 1 aliphatic heterocycles. The molecule has 1 aromatic carbocycles. The van der Waals surface area contributed by atoms with Gasteiger partial charge in [0.2, 0.25) is 0 Å². The topological polar surface area (TPSA) is 64.4 Å². The number of rotatable bonds is 1. The first kappa shape index (κ1) is 10.8. The van der Waals surface area contributed by atoms with Gasteiger partial charge in [-0.2, -0.15) is 5.10 Å². The minimum absolute atomic E-state index is 0.0126. The van der Waals surface area contributed by atoms with Crippen molar-refractivity contribution in [3.05, 3.63) is 35.3 Å². The van der Waals surface area contributed by atoms with Crippen molar-refractivity contribution in [2.24, 2.45) is 7.05 Å². The normalized spacial score (nSPS) is 12.6. The second kappa shape index (κ2) is 3.56. The second-order valence-corrected chi connectivity index (χ2v) is 4.01. The molecule has 0 fully saturated rings. The number of para-hydroxylation sites is 1. The van der Waals surface area contributed by atoms with Gasteiger partial charge in [0.05, 0.1) is 11.3 Å². The number of aromatic nitrogens is 2. The summed E-state index contributed by atoms with van der Waals surface area (Å²) in [5.74, 6) is -1.43. The van der Waals surface area contributed by atoms with Gasteiger partial charge >= 0.3 is 5.97 Å². The zero-order valence-corrected chi connectivity index (χ0v) is 9.48. The van der Waals surface area contributed by atoms with Crippen molar-refractivity contribution < 1.29 is 19.0 Å². The lowest BCUT2D eigenvalue weighted by molar-refractivity contribution is 0.0686. The summed E-state index contributed by atoms with van der Waals surface area (Å²) in [5.41, 5.74) is 1.54. The molecule has 0 radical (unpaired) electrons. The maximum Gasteiger partial charge on any atom is 0.356 e. The minimum atomic E-state index is -1.12. The molecule has 0 saturated carbocycles. The van der Waals surface area contributed by atoms with Gasteiger partial charge in [0.15, 0.2) is 17.3 Å². The molecule has 92 valence electrons.